The predicted molar refractivity (Wildman–Crippen MR) is 66.7 cm³/mol. The Hall–Kier alpha value is -2.49. The molecule has 3 rings (SSSR count). The second-order valence-electron chi connectivity index (χ2n) is 4.18. The molecule has 2 N–H and O–H groups in total. The van der Waals surface area contributed by atoms with Crippen molar-refractivity contribution in [3.63, 3.8) is 0 Å². The Labute approximate surface area is 102 Å². The molecule has 0 radical (unpaired) electrons. The Morgan fingerprint density at radius 3 is 2.78 bits per heavy atom. The zero-order chi connectivity index (χ0) is 12.7. The second-order valence-corrected chi connectivity index (χ2v) is 4.18. The number of hydrogen-bond acceptors (Lipinski definition) is 3. The van der Waals surface area contributed by atoms with Crippen molar-refractivity contribution in [1.29, 1.82) is 0 Å². The molecule has 0 amide bonds. The average molecular weight is 242 g/mol. The van der Waals surface area contributed by atoms with Gasteiger partial charge in [-0.1, -0.05) is 12.1 Å². The summed E-state index contributed by atoms with van der Waals surface area (Å²) in [5, 5.41) is 20.9. The molecule has 3 aromatic rings. The molecule has 0 atom stereocenters. The molecule has 1 aromatic heterocycles. The number of fused-ring (bicyclic) bond motifs is 3. The fraction of sp³-hybridized carbons (Fsp3) is 0.0714. The van der Waals surface area contributed by atoms with Gasteiger partial charge in [-0.15, -0.1) is 0 Å². The summed E-state index contributed by atoms with van der Waals surface area (Å²) in [7, 11) is 0. The highest BCUT2D eigenvalue weighted by Gasteiger charge is 2.12. The lowest BCUT2D eigenvalue weighted by molar-refractivity contribution is -0.136. The Morgan fingerprint density at radius 1 is 1.22 bits per heavy atom. The zero-order valence-corrected chi connectivity index (χ0v) is 9.38. The van der Waals surface area contributed by atoms with Crippen LogP contribution in [-0.4, -0.2) is 16.2 Å². The average Bonchev–Trinajstić information content (AvgIpc) is 2.72. The van der Waals surface area contributed by atoms with Crippen LogP contribution in [0.3, 0.4) is 0 Å². The number of rotatable bonds is 2. The van der Waals surface area contributed by atoms with Crippen molar-refractivity contribution in [2.24, 2.45) is 0 Å². The van der Waals surface area contributed by atoms with Crippen molar-refractivity contribution in [2.45, 2.75) is 6.42 Å². The number of hydrogen-bond donors (Lipinski definition) is 2. The molecule has 0 saturated heterocycles. The molecule has 1 heterocycles. The van der Waals surface area contributed by atoms with Gasteiger partial charge in [0.1, 0.15) is 11.3 Å². The number of benzene rings is 2. The van der Waals surface area contributed by atoms with E-state index in [0.717, 1.165) is 16.2 Å². The summed E-state index contributed by atoms with van der Waals surface area (Å²) in [6, 6.07) is 8.70. The highest BCUT2D eigenvalue weighted by Crippen LogP contribution is 2.32. The lowest BCUT2D eigenvalue weighted by Gasteiger charge is -2.02. The Balaban J connectivity index is 2.39. The van der Waals surface area contributed by atoms with E-state index in [4.69, 9.17) is 9.52 Å². The lowest BCUT2D eigenvalue weighted by atomic mass is 10.0. The normalized spacial score (nSPS) is 11.1. The van der Waals surface area contributed by atoms with E-state index in [1.807, 2.05) is 6.07 Å². The van der Waals surface area contributed by atoms with E-state index in [9.17, 15) is 9.90 Å². The van der Waals surface area contributed by atoms with Gasteiger partial charge in [0.15, 0.2) is 0 Å². The number of carboxylic acid groups (broad SMARTS) is 1. The number of phenols is 1. The molecule has 18 heavy (non-hydrogen) atoms. The van der Waals surface area contributed by atoms with E-state index in [0.29, 0.717) is 11.1 Å². The quantitative estimate of drug-likeness (QED) is 0.724. The fourth-order valence-corrected chi connectivity index (χ4v) is 2.20. The van der Waals surface area contributed by atoms with Crippen molar-refractivity contribution in [3.05, 3.63) is 42.2 Å². The minimum atomic E-state index is -0.908. The monoisotopic (exact) mass is 242 g/mol. The summed E-state index contributed by atoms with van der Waals surface area (Å²) in [6.07, 6.45) is 1.37. The van der Waals surface area contributed by atoms with Crippen LogP contribution in [0.15, 0.2) is 41.0 Å². The molecule has 0 fully saturated rings. The first kappa shape index (κ1) is 10.7. The van der Waals surface area contributed by atoms with Gasteiger partial charge in [0.05, 0.1) is 12.7 Å². The summed E-state index contributed by atoms with van der Waals surface area (Å²) in [5.74, 6) is -0.757. The smallest absolute Gasteiger partial charge is 0.307 e. The molecule has 90 valence electrons. The highest BCUT2D eigenvalue weighted by atomic mass is 16.4. The van der Waals surface area contributed by atoms with Gasteiger partial charge in [-0.25, -0.2) is 0 Å². The van der Waals surface area contributed by atoms with Crippen LogP contribution in [0.2, 0.25) is 0 Å². The molecule has 2 aromatic carbocycles. The largest absolute Gasteiger partial charge is 0.508 e. The van der Waals surface area contributed by atoms with Crippen LogP contribution >= 0.6 is 0 Å². The molecule has 0 unspecified atom stereocenters. The molecule has 4 heteroatoms. The summed E-state index contributed by atoms with van der Waals surface area (Å²) in [4.78, 5) is 10.8. The van der Waals surface area contributed by atoms with Gasteiger partial charge in [0, 0.05) is 10.9 Å². The van der Waals surface area contributed by atoms with Crippen molar-refractivity contribution in [3.8, 4) is 5.75 Å². The van der Waals surface area contributed by atoms with Gasteiger partial charge in [0.2, 0.25) is 0 Å². The van der Waals surface area contributed by atoms with Gasteiger partial charge in [-0.3, -0.25) is 4.79 Å². The van der Waals surface area contributed by atoms with Crippen molar-refractivity contribution in [1.82, 2.24) is 0 Å². The van der Waals surface area contributed by atoms with Crippen LogP contribution in [0.25, 0.3) is 21.7 Å². The van der Waals surface area contributed by atoms with Crippen LogP contribution in [0.5, 0.6) is 5.75 Å². The third-order valence-corrected chi connectivity index (χ3v) is 2.96. The first-order valence-electron chi connectivity index (χ1n) is 5.49. The van der Waals surface area contributed by atoms with Crippen LogP contribution in [0.1, 0.15) is 5.56 Å². The third-order valence-electron chi connectivity index (χ3n) is 2.96. The SMILES string of the molecule is O=C(O)Cc1coc2ccc3ccc(O)cc3c12. The first-order valence-corrected chi connectivity index (χ1v) is 5.49. The summed E-state index contributed by atoms with van der Waals surface area (Å²) in [5.41, 5.74) is 1.25. The lowest BCUT2D eigenvalue weighted by Crippen LogP contribution is -1.98. The molecule has 0 aliphatic rings. The van der Waals surface area contributed by atoms with Gasteiger partial charge < -0.3 is 14.6 Å². The van der Waals surface area contributed by atoms with Gasteiger partial charge in [-0.05, 0) is 29.0 Å². The minimum absolute atomic E-state index is 0.0955. The van der Waals surface area contributed by atoms with Crippen molar-refractivity contribution >= 4 is 27.7 Å². The molecule has 0 spiro atoms. The van der Waals surface area contributed by atoms with E-state index < -0.39 is 5.97 Å². The molecule has 0 aliphatic carbocycles. The van der Waals surface area contributed by atoms with Crippen LogP contribution in [-0.2, 0) is 11.2 Å². The van der Waals surface area contributed by atoms with Crippen LogP contribution in [0.4, 0.5) is 0 Å². The Morgan fingerprint density at radius 2 is 2.00 bits per heavy atom. The number of furan rings is 1. The minimum Gasteiger partial charge on any atom is -0.508 e. The van der Waals surface area contributed by atoms with Gasteiger partial charge in [0.25, 0.3) is 0 Å². The van der Waals surface area contributed by atoms with Gasteiger partial charge in [-0.2, -0.15) is 0 Å². The standard InChI is InChI=1S/C14H10O4/c15-10-3-1-8-2-4-12-14(11(8)6-10)9(7-18-12)5-13(16)17/h1-4,6-7,15H,5H2,(H,16,17). The third kappa shape index (κ3) is 1.59. The molecule has 0 aliphatic heterocycles. The number of carbonyl (C=O) groups is 1. The second kappa shape index (κ2) is 3.77. The summed E-state index contributed by atoms with van der Waals surface area (Å²) < 4.78 is 5.35. The van der Waals surface area contributed by atoms with E-state index in [1.165, 1.54) is 6.26 Å². The fourth-order valence-electron chi connectivity index (χ4n) is 2.20. The van der Waals surface area contributed by atoms with E-state index in [1.54, 1.807) is 24.3 Å². The summed E-state index contributed by atoms with van der Waals surface area (Å²) in [6.45, 7) is 0. The molecule has 0 saturated carbocycles. The van der Waals surface area contributed by atoms with E-state index >= 15 is 0 Å². The van der Waals surface area contributed by atoms with E-state index in [2.05, 4.69) is 0 Å². The van der Waals surface area contributed by atoms with Crippen LogP contribution in [0, 0.1) is 0 Å². The van der Waals surface area contributed by atoms with Crippen molar-refractivity contribution < 1.29 is 19.4 Å². The Bertz CT molecular complexity index is 755. The predicted octanol–water partition coefficient (Wildman–Crippen LogP) is 2.92. The molecule has 4 nitrogen and oxygen atoms in total. The number of aromatic hydroxyl groups is 1. The molecular weight excluding hydrogens is 232 g/mol. The maximum absolute atomic E-state index is 10.8. The number of aliphatic carboxylic acids is 1. The summed E-state index contributed by atoms with van der Waals surface area (Å²) >= 11 is 0. The van der Waals surface area contributed by atoms with Gasteiger partial charge >= 0.3 is 5.97 Å². The maximum atomic E-state index is 10.8. The number of carboxylic acids is 1. The van der Waals surface area contributed by atoms with Crippen molar-refractivity contribution in [2.75, 3.05) is 0 Å². The zero-order valence-electron chi connectivity index (χ0n) is 9.38. The highest BCUT2D eigenvalue weighted by molar-refractivity contribution is 6.08. The molecular formula is C14H10O4. The Kier molecular flexibility index (Phi) is 2.23. The number of phenolic OH excluding ortho intramolecular Hbond substituents is 1. The van der Waals surface area contributed by atoms with Crippen LogP contribution < -0.4 is 0 Å². The maximum Gasteiger partial charge on any atom is 0.307 e. The topological polar surface area (TPSA) is 70.7 Å². The van der Waals surface area contributed by atoms with E-state index in [-0.39, 0.29) is 12.2 Å². The first-order chi connectivity index (χ1) is 8.65. The molecule has 0 bridgehead atoms.